The van der Waals surface area contributed by atoms with Crippen LogP contribution < -0.4 is 16.0 Å². The number of fused-ring (bicyclic) bond motifs is 1. The lowest BCUT2D eigenvalue weighted by Crippen LogP contribution is -2.12. The topological polar surface area (TPSA) is 114 Å². The van der Waals surface area contributed by atoms with Crippen molar-refractivity contribution in [2.24, 2.45) is 0 Å². The molecule has 0 aliphatic carbocycles. The minimum atomic E-state index is -0.222. The molecule has 2 aromatic heterocycles. The highest BCUT2D eigenvalue weighted by Crippen LogP contribution is 2.31. The Morgan fingerprint density at radius 2 is 1.53 bits per heavy atom. The molecule has 2 heterocycles. The summed E-state index contributed by atoms with van der Waals surface area (Å²) in [7, 11) is 0. The number of carbonyl (C=O) groups is 2. The van der Waals surface area contributed by atoms with E-state index in [9.17, 15) is 9.59 Å². The molecule has 0 fully saturated rings. The molecule has 0 unspecified atom stereocenters. The molecule has 9 heteroatoms. The maximum Gasteiger partial charge on any atom is 0.225 e. The second kappa shape index (κ2) is 10.5. The summed E-state index contributed by atoms with van der Waals surface area (Å²) < 4.78 is 1.92. The van der Waals surface area contributed by atoms with Gasteiger partial charge >= 0.3 is 0 Å². The molecule has 0 aliphatic rings. The summed E-state index contributed by atoms with van der Waals surface area (Å²) in [6.07, 6.45) is 3.46. The summed E-state index contributed by atoms with van der Waals surface area (Å²) in [5.41, 5.74) is 5.70. The van der Waals surface area contributed by atoms with Gasteiger partial charge in [0.25, 0.3) is 0 Å². The molecule has 0 radical (unpaired) electrons. The van der Waals surface area contributed by atoms with Crippen LogP contribution in [0.1, 0.15) is 32.4 Å². The maximum absolute atomic E-state index is 11.7. The van der Waals surface area contributed by atoms with Gasteiger partial charge in [0.1, 0.15) is 12.1 Å². The van der Waals surface area contributed by atoms with E-state index in [1.807, 2.05) is 59.2 Å². The molecule has 5 rings (SSSR count). The van der Waals surface area contributed by atoms with Gasteiger partial charge in [-0.1, -0.05) is 42.5 Å². The Bertz CT molecular complexity index is 1630. The molecular weight excluding hydrogens is 478 g/mol. The molecular formula is C29H27N7O2. The summed E-state index contributed by atoms with van der Waals surface area (Å²) in [5, 5.41) is 8.90. The monoisotopic (exact) mass is 505 g/mol. The van der Waals surface area contributed by atoms with Gasteiger partial charge in [0.05, 0.1) is 28.5 Å². The van der Waals surface area contributed by atoms with Crippen molar-refractivity contribution in [2.75, 3.05) is 16.0 Å². The van der Waals surface area contributed by atoms with Gasteiger partial charge in [-0.15, -0.1) is 0 Å². The Kier molecular flexibility index (Phi) is 6.82. The third kappa shape index (κ3) is 5.36. The predicted octanol–water partition coefficient (Wildman–Crippen LogP) is 5.57. The summed E-state index contributed by atoms with van der Waals surface area (Å²) >= 11 is 0. The van der Waals surface area contributed by atoms with Crippen LogP contribution in [0.4, 0.5) is 17.3 Å². The normalized spacial score (nSPS) is 11.7. The first kappa shape index (κ1) is 24.6. The lowest BCUT2D eigenvalue weighted by Gasteiger charge is -2.15. The fraction of sp³-hybridized carbons (Fsp3) is 0.138. The number of benzene rings is 3. The highest BCUT2D eigenvalue weighted by atomic mass is 16.2. The first-order valence-corrected chi connectivity index (χ1v) is 12.2. The highest BCUT2D eigenvalue weighted by Gasteiger charge is 2.13. The van der Waals surface area contributed by atoms with Crippen LogP contribution in [-0.2, 0) is 9.59 Å². The predicted molar refractivity (Wildman–Crippen MR) is 149 cm³/mol. The van der Waals surface area contributed by atoms with Gasteiger partial charge < -0.3 is 16.0 Å². The molecule has 0 aliphatic heterocycles. The van der Waals surface area contributed by atoms with E-state index in [1.54, 1.807) is 18.6 Å². The van der Waals surface area contributed by atoms with E-state index in [0.717, 1.165) is 27.7 Å². The lowest BCUT2D eigenvalue weighted by atomic mass is 10.0. The van der Waals surface area contributed by atoms with Gasteiger partial charge in [-0.05, 0) is 53.9 Å². The van der Waals surface area contributed by atoms with Crippen molar-refractivity contribution < 1.29 is 9.59 Å². The van der Waals surface area contributed by atoms with Crippen LogP contribution in [0.2, 0.25) is 0 Å². The Morgan fingerprint density at radius 1 is 0.816 bits per heavy atom. The molecule has 1 atom stereocenters. The zero-order valence-corrected chi connectivity index (χ0v) is 21.3. The molecule has 190 valence electrons. The van der Waals surface area contributed by atoms with E-state index in [1.165, 1.54) is 13.8 Å². The lowest BCUT2D eigenvalue weighted by molar-refractivity contribution is -0.115. The number of hydrogen-bond donors (Lipinski definition) is 3. The van der Waals surface area contributed by atoms with E-state index in [4.69, 9.17) is 4.98 Å². The average molecular weight is 506 g/mol. The molecule has 3 aromatic carbocycles. The van der Waals surface area contributed by atoms with Gasteiger partial charge in [0.2, 0.25) is 17.8 Å². The fourth-order valence-electron chi connectivity index (χ4n) is 4.26. The van der Waals surface area contributed by atoms with Crippen LogP contribution in [0, 0.1) is 0 Å². The number of nitrogens with one attached hydrogen (secondary N) is 3. The van der Waals surface area contributed by atoms with Crippen molar-refractivity contribution in [2.45, 2.75) is 26.8 Å². The van der Waals surface area contributed by atoms with Crippen molar-refractivity contribution >= 4 is 40.2 Å². The van der Waals surface area contributed by atoms with Crippen molar-refractivity contribution in [1.82, 2.24) is 19.5 Å². The van der Waals surface area contributed by atoms with Gasteiger partial charge in [-0.3, -0.25) is 14.2 Å². The molecule has 38 heavy (non-hydrogen) atoms. The van der Waals surface area contributed by atoms with Crippen LogP contribution in [0.25, 0.3) is 28.0 Å². The van der Waals surface area contributed by atoms with Crippen molar-refractivity contribution in [3.05, 3.63) is 90.9 Å². The van der Waals surface area contributed by atoms with Crippen LogP contribution in [0.15, 0.2) is 85.3 Å². The van der Waals surface area contributed by atoms with Crippen LogP contribution >= 0.6 is 0 Å². The largest absolute Gasteiger partial charge is 0.348 e. The molecule has 0 saturated carbocycles. The third-order valence-corrected chi connectivity index (χ3v) is 6.05. The number of amides is 2. The molecule has 5 aromatic rings. The van der Waals surface area contributed by atoms with Crippen LogP contribution in [0.5, 0.6) is 0 Å². The Morgan fingerprint density at radius 3 is 2.29 bits per heavy atom. The standard InChI is InChI=1S/C29H27N7O2/c1-18(21-7-5-4-6-8-21)32-29-30-14-13-28(35-29)36-17-31-26-16-23(10-12-27(26)36)22-9-11-24(33-19(2)37)25(15-22)34-20(3)38/h4-18H,1-3H3,(H,33,37)(H,34,38)(H,30,32,35)/t18-/m0/s1. The first-order valence-electron chi connectivity index (χ1n) is 12.2. The first-order chi connectivity index (χ1) is 18.4. The number of imidazole rings is 1. The van der Waals surface area contributed by atoms with E-state index < -0.39 is 0 Å². The third-order valence-electron chi connectivity index (χ3n) is 6.05. The van der Waals surface area contributed by atoms with Crippen molar-refractivity contribution in [1.29, 1.82) is 0 Å². The van der Waals surface area contributed by atoms with Gasteiger partial charge in [0.15, 0.2) is 0 Å². The minimum Gasteiger partial charge on any atom is -0.348 e. The minimum absolute atomic E-state index is 0.0490. The average Bonchev–Trinajstić information content (AvgIpc) is 3.33. The van der Waals surface area contributed by atoms with Crippen LogP contribution in [0.3, 0.4) is 0 Å². The van der Waals surface area contributed by atoms with Gasteiger partial charge in [0, 0.05) is 20.0 Å². The number of rotatable bonds is 7. The van der Waals surface area contributed by atoms with Gasteiger partial charge in [-0.25, -0.2) is 9.97 Å². The van der Waals surface area contributed by atoms with Crippen molar-refractivity contribution in [3.63, 3.8) is 0 Å². The molecule has 0 spiro atoms. The van der Waals surface area contributed by atoms with Gasteiger partial charge in [-0.2, -0.15) is 4.98 Å². The zero-order valence-electron chi connectivity index (χ0n) is 21.3. The molecule has 3 N–H and O–H groups in total. The smallest absolute Gasteiger partial charge is 0.225 e. The summed E-state index contributed by atoms with van der Waals surface area (Å²) in [4.78, 5) is 37.0. The SMILES string of the molecule is CC(=O)Nc1ccc(-c2ccc3c(c2)ncn3-c2ccnc(N[C@@H](C)c3ccccc3)n2)cc1NC(C)=O. The highest BCUT2D eigenvalue weighted by molar-refractivity contribution is 5.99. The zero-order chi connectivity index (χ0) is 26.6. The Balaban J connectivity index is 1.43. The molecule has 9 nitrogen and oxygen atoms in total. The number of aromatic nitrogens is 4. The van der Waals surface area contributed by atoms with Crippen LogP contribution in [-0.4, -0.2) is 31.3 Å². The molecule has 0 bridgehead atoms. The Labute approximate surface area is 220 Å². The Hall–Kier alpha value is -5.05. The summed E-state index contributed by atoms with van der Waals surface area (Å²) in [5.74, 6) is 0.793. The second-order valence-electron chi connectivity index (χ2n) is 8.96. The van der Waals surface area contributed by atoms with E-state index >= 15 is 0 Å². The number of nitrogens with zero attached hydrogens (tertiary/aromatic N) is 4. The molecule has 0 saturated heterocycles. The maximum atomic E-state index is 11.7. The summed E-state index contributed by atoms with van der Waals surface area (Å²) in [6.45, 7) is 4.93. The van der Waals surface area contributed by atoms with Crippen molar-refractivity contribution in [3.8, 4) is 16.9 Å². The summed E-state index contributed by atoms with van der Waals surface area (Å²) in [6, 6.07) is 23.5. The molecule has 2 amide bonds. The second-order valence-corrected chi connectivity index (χ2v) is 8.96. The number of anilines is 3. The van der Waals surface area contributed by atoms with E-state index in [2.05, 4.69) is 45.0 Å². The number of hydrogen-bond acceptors (Lipinski definition) is 6. The quantitative estimate of drug-likeness (QED) is 0.266. The van der Waals surface area contributed by atoms with E-state index in [0.29, 0.717) is 23.1 Å². The fourth-order valence-corrected chi connectivity index (χ4v) is 4.26. The number of carbonyl (C=O) groups excluding carboxylic acids is 2. The van der Waals surface area contributed by atoms with E-state index in [-0.39, 0.29) is 17.9 Å².